The summed E-state index contributed by atoms with van der Waals surface area (Å²) in [5.41, 5.74) is 11.9. The lowest BCUT2D eigenvalue weighted by Crippen LogP contribution is -2.26. The van der Waals surface area contributed by atoms with E-state index in [1.807, 2.05) is 12.1 Å². The van der Waals surface area contributed by atoms with Gasteiger partial charge in [-0.25, -0.2) is 18.4 Å². The number of nitrogens with zero attached hydrogens (tertiary/aromatic N) is 4. The second kappa shape index (κ2) is 8.67. The lowest BCUT2D eigenvalue weighted by Gasteiger charge is -2.18. The Bertz CT molecular complexity index is 1630. The van der Waals surface area contributed by atoms with Crippen LogP contribution in [0.15, 0.2) is 59.8 Å². The summed E-state index contributed by atoms with van der Waals surface area (Å²) in [6.45, 7) is 5.47. The minimum atomic E-state index is -3.36. The standard InChI is InChI=1S/C27H28N6O3S/c1-16(2)37(35,36)21-7-4-17(5-8-21)23-12-29-26-25(31-23)24(13-30-26)33-14-18-3-6-20(11-22(18)27(33)34)32-10-9-19(28)15-32/h3-8,11-13,16,19H,9-10,14-15,28H2,1-2H3,(H,29,30)/t19-/m0/s1. The van der Waals surface area contributed by atoms with Crippen molar-refractivity contribution >= 4 is 38.3 Å². The van der Waals surface area contributed by atoms with Crippen molar-refractivity contribution in [1.29, 1.82) is 0 Å². The van der Waals surface area contributed by atoms with Crippen molar-refractivity contribution in [2.24, 2.45) is 5.73 Å². The molecular weight excluding hydrogens is 488 g/mol. The highest BCUT2D eigenvalue weighted by Crippen LogP contribution is 2.35. The summed E-state index contributed by atoms with van der Waals surface area (Å²) < 4.78 is 24.9. The van der Waals surface area contributed by atoms with E-state index in [1.54, 1.807) is 55.4 Å². The third-order valence-electron chi connectivity index (χ3n) is 7.24. The maximum atomic E-state index is 13.5. The summed E-state index contributed by atoms with van der Waals surface area (Å²) in [7, 11) is -3.36. The lowest BCUT2D eigenvalue weighted by atomic mass is 10.1. The molecule has 0 bridgehead atoms. The van der Waals surface area contributed by atoms with Crippen molar-refractivity contribution in [3.63, 3.8) is 0 Å². The van der Waals surface area contributed by atoms with E-state index in [0.29, 0.717) is 34.7 Å². The van der Waals surface area contributed by atoms with Crippen molar-refractivity contribution in [1.82, 2.24) is 15.0 Å². The van der Waals surface area contributed by atoms with E-state index in [0.717, 1.165) is 36.3 Å². The van der Waals surface area contributed by atoms with Gasteiger partial charge in [0.25, 0.3) is 5.91 Å². The molecule has 0 unspecified atom stereocenters. The molecule has 0 saturated carbocycles. The number of fused-ring (bicyclic) bond motifs is 2. The van der Waals surface area contributed by atoms with Crippen molar-refractivity contribution in [2.75, 3.05) is 22.9 Å². The zero-order chi connectivity index (χ0) is 25.9. The van der Waals surface area contributed by atoms with E-state index in [4.69, 9.17) is 10.7 Å². The molecule has 0 spiro atoms. The van der Waals surface area contributed by atoms with Gasteiger partial charge in [0.2, 0.25) is 0 Å². The average molecular weight is 517 g/mol. The number of carbonyl (C=O) groups excluding carboxylic acids is 1. The Morgan fingerprint density at radius 2 is 1.92 bits per heavy atom. The van der Waals surface area contributed by atoms with Gasteiger partial charge in [-0.15, -0.1) is 0 Å². The molecule has 4 aromatic rings. The van der Waals surface area contributed by atoms with Crippen LogP contribution in [0.3, 0.4) is 0 Å². The summed E-state index contributed by atoms with van der Waals surface area (Å²) in [5.74, 6) is -0.0725. The molecule has 1 saturated heterocycles. The predicted molar refractivity (Wildman–Crippen MR) is 143 cm³/mol. The van der Waals surface area contributed by atoms with Gasteiger partial charge in [0.1, 0.15) is 5.52 Å². The van der Waals surface area contributed by atoms with Gasteiger partial charge in [0.05, 0.1) is 34.3 Å². The summed E-state index contributed by atoms with van der Waals surface area (Å²) >= 11 is 0. The first kappa shape index (κ1) is 23.6. The highest BCUT2D eigenvalue weighted by Gasteiger charge is 2.32. The van der Waals surface area contributed by atoms with Gasteiger partial charge in [-0.05, 0) is 50.1 Å². The number of amides is 1. The summed E-state index contributed by atoms with van der Waals surface area (Å²) in [6.07, 6.45) is 4.35. The SMILES string of the molecule is CC(C)S(=O)(=O)c1ccc(-c2cnc3[nH]cc(N4Cc5ccc(N6CC[C@H](N)C6)cc5C4=O)c3n2)cc1. The van der Waals surface area contributed by atoms with Crippen LogP contribution < -0.4 is 15.5 Å². The third kappa shape index (κ3) is 3.96. The number of H-pyrrole nitrogens is 1. The number of aromatic amines is 1. The zero-order valence-electron chi connectivity index (χ0n) is 20.7. The third-order valence-corrected chi connectivity index (χ3v) is 9.41. The van der Waals surface area contributed by atoms with Gasteiger partial charge in [-0.2, -0.15) is 0 Å². The number of nitrogens with two attached hydrogens (primary N) is 1. The van der Waals surface area contributed by atoms with Crippen LogP contribution in [0.5, 0.6) is 0 Å². The first-order valence-electron chi connectivity index (χ1n) is 12.4. The molecule has 37 heavy (non-hydrogen) atoms. The molecule has 9 nitrogen and oxygen atoms in total. The van der Waals surface area contributed by atoms with E-state index < -0.39 is 15.1 Å². The fourth-order valence-corrected chi connectivity index (χ4v) is 6.07. The van der Waals surface area contributed by atoms with E-state index >= 15 is 0 Å². The van der Waals surface area contributed by atoms with Crippen LogP contribution in [-0.2, 0) is 16.4 Å². The largest absolute Gasteiger partial charge is 0.370 e. The van der Waals surface area contributed by atoms with Crippen LogP contribution >= 0.6 is 0 Å². The second-order valence-corrected chi connectivity index (χ2v) is 12.5. The predicted octanol–water partition coefficient (Wildman–Crippen LogP) is 3.50. The number of hydrogen-bond donors (Lipinski definition) is 2. The number of carbonyl (C=O) groups is 1. The van der Waals surface area contributed by atoms with Crippen LogP contribution in [0.1, 0.15) is 36.2 Å². The number of rotatable bonds is 5. The highest BCUT2D eigenvalue weighted by atomic mass is 32.2. The molecular formula is C27H28N6O3S. The Balaban J connectivity index is 1.31. The molecule has 190 valence electrons. The second-order valence-electron chi connectivity index (χ2n) is 9.97. The molecule has 10 heteroatoms. The number of benzene rings is 2. The van der Waals surface area contributed by atoms with Gasteiger partial charge in [0.15, 0.2) is 15.5 Å². The molecule has 2 aromatic carbocycles. The molecule has 1 amide bonds. The van der Waals surface area contributed by atoms with Crippen molar-refractivity contribution in [3.05, 3.63) is 66.0 Å². The summed E-state index contributed by atoms with van der Waals surface area (Å²) in [5, 5.41) is -0.497. The van der Waals surface area contributed by atoms with Crippen molar-refractivity contribution in [2.45, 2.75) is 43.0 Å². The Labute approximate surface area is 215 Å². The number of hydrogen-bond acceptors (Lipinski definition) is 7. The number of aromatic nitrogens is 3. The van der Waals surface area contributed by atoms with E-state index in [9.17, 15) is 13.2 Å². The van der Waals surface area contributed by atoms with Crippen LogP contribution in [0, 0.1) is 0 Å². The van der Waals surface area contributed by atoms with Crippen LogP contribution in [0.25, 0.3) is 22.4 Å². The Morgan fingerprint density at radius 3 is 2.62 bits per heavy atom. The first-order chi connectivity index (χ1) is 17.7. The molecule has 0 aliphatic carbocycles. The molecule has 1 fully saturated rings. The quantitative estimate of drug-likeness (QED) is 0.416. The lowest BCUT2D eigenvalue weighted by molar-refractivity contribution is 0.0997. The van der Waals surface area contributed by atoms with Crippen molar-refractivity contribution in [3.8, 4) is 11.3 Å². The number of nitrogens with one attached hydrogen (secondary N) is 1. The molecule has 2 aliphatic rings. The van der Waals surface area contributed by atoms with Gasteiger partial charge < -0.3 is 20.5 Å². The Kier molecular flexibility index (Phi) is 5.54. The minimum absolute atomic E-state index is 0.0725. The molecule has 6 rings (SSSR count). The normalized spacial score (nSPS) is 17.8. The number of sulfone groups is 1. The Morgan fingerprint density at radius 1 is 1.14 bits per heavy atom. The maximum absolute atomic E-state index is 13.5. The van der Waals surface area contributed by atoms with E-state index in [2.05, 4.69) is 20.9 Å². The average Bonchev–Trinajstić information content (AvgIpc) is 3.60. The maximum Gasteiger partial charge on any atom is 0.259 e. The zero-order valence-corrected chi connectivity index (χ0v) is 21.5. The Hall–Kier alpha value is -3.76. The first-order valence-corrected chi connectivity index (χ1v) is 13.9. The molecule has 4 heterocycles. The topological polar surface area (TPSA) is 125 Å². The van der Waals surface area contributed by atoms with E-state index in [1.165, 1.54) is 0 Å². The number of anilines is 2. The molecule has 2 aliphatic heterocycles. The van der Waals surface area contributed by atoms with Crippen LogP contribution in [0.4, 0.5) is 11.4 Å². The fourth-order valence-electron chi connectivity index (χ4n) is 5.01. The van der Waals surface area contributed by atoms with Crippen LogP contribution in [-0.4, -0.2) is 53.7 Å². The summed E-state index contributed by atoms with van der Waals surface area (Å²) in [4.78, 5) is 30.1. The van der Waals surface area contributed by atoms with Gasteiger partial charge in [0, 0.05) is 42.1 Å². The van der Waals surface area contributed by atoms with Gasteiger partial charge in [-0.3, -0.25) is 4.79 Å². The molecule has 2 aromatic heterocycles. The van der Waals surface area contributed by atoms with Gasteiger partial charge >= 0.3 is 0 Å². The molecule has 3 N–H and O–H groups in total. The van der Waals surface area contributed by atoms with Gasteiger partial charge in [-0.1, -0.05) is 18.2 Å². The highest BCUT2D eigenvalue weighted by molar-refractivity contribution is 7.92. The molecule has 0 radical (unpaired) electrons. The van der Waals surface area contributed by atoms with Crippen molar-refractivity contribution < 1.29 is 13.2 Å². The summed E-state index contributed by atoms with van der Waals surface area (Å²) in [6, 6.07) is 12.9. The smallest absolute Gasteiger partial charge is 0.259 e. The minimum Gasteiger partial charge on any atom is -0.370 e. The monoisotopic (exact) mass is 516 g/mol. The molecule has 1 atom stereocenters. The fraction of sp³-hybridized carbons (Fsp3) is 0.296. The van der Waals surface area contributed by atoms with E-state index in [-0.39, 0.29) is 16.8 Å². The van der Waals surface area contributed by atoms with Crippen LogP contribution in [0.2, 0.25) is 0 Å².